The molecule has 29 rings (SSSR count). The average molecular weight is 1740 g/mol. The van der Waals surface area contributed by atoms with Gasteiger partial charge in [-0.3, -0.25) is 9.13 Å². The van der Waals surface area contributed by atoms with Crippen LogP contribution < -0.4 is 0 Å². The minimum absolute atomic E-state index is 0.0329. The molecule has 136 heavy (non-hydrogen) atoms. The van der Waals surface area contributed by atoms with Crippen LogP contribution in [-0.4, -0.2) is 68.9 Å². The van der Waals surface area contributed by atoms with Gasteiger partial charge in [0, 0.05) is 108 Å². The molecular weight excluding hydrogens is 1660 g/mol. The van der Waals surface area contributed by atoms with Gasteiger partial charge in [-0.25, -0.2) is 59.8 Å². The van der Waals surface area contributed by atoms with Crippen molar-refractivity contribution in [3.63, 3.8) is 0 Å². The van der Waals surface area contributed by atoms with Crippen molar-refractivity contribution >= 4 is 22.1 Å². The normalized spacial score (nSPS) is 14.3. The molecule has 17 aromatic carbocycles. The van der Waals surface area contributed by atoms with Crippen molar-refractivity contribution in [1.82, 2.24) is 68.9 Å². The maximum absolute atomic E-state index is 5.31. The molecule has 0 saturated heterocycles. The number of benzene rings is 17. The van der Waals surface area contributed by atoms with Gasteiger partial charge in [-0.15, -0.1) is 0 Å². The van der Waals surface area contributed by atoms with Crippen molar-refractivity contribution < 1.29 is 0 Å². The van der Waals surface area contributed by atoms with Crippen molar-refractivity contribution in [2.24, 2.45) is 0 Å². The number of imidazole rings is 2. The molecule has 0 aliphatic heterocycles. The summed E-state index contributed by atoms with van der Waals surface area (Å²) < 4.78 is 4.41. The van der Waals surface area contributed by atoms with Crippen LogP contribution >= 0.6 is 0 Å². The molecule has 23 aromatic rings. The molecule has 6 aliphatic carbocycles. The van der Waals surface area contributed by atoms with Gasteiger partial charge in [0.2, 0.25) is 0 Å². The number of nitrogens with zero attached hydrogens (tertiary/aromatic N) is 14. The lowest BCUT2D eigenvalue weighted by Crippen LogP contribution is -2.27. The lowest BCUT2D eigenvalue weighted by atomic mass is 9.60. The van der Waals surface area contributed by atoms with E-state index in [4.69, 9.17) is 59.8 Å². The number of hydrogen-bond acceptors (Lipinski definition) is 12. The zero-order valence-electron chi connectivity index (χ0n) is 73.3. The SMILES string of the molecule is c1ccc(-c2nc(-c3ccc(-n4c(-c5ccccc5)nc5ccccc54)cc3)cc(-c3ccc4c(c3)C3c5ccccc5C4c4cc(-c5nc(-c6ccccc6)nc(-c6ccccc6)n5)ccc43)n2)cc1.c1ccc(-c2nc(-c3ccc4c(c3)C3c5ccccc5C4c4cc(-c5nc(-c6ccccc6)nc(-c6ccccc6)n5)ccc43)cc(-n3c(-c4ccccc4)nc4ccccc43)n2)cc1. The molecule has 6 aromatic heterocycles. The molecule has 4 unspecified atom stereocenters. The third-order valence-electron chi connectivity index (χ3n) is 26.9. The van der Waals surface area contributed by atoms with Gasteiger partial charge in [0.1, 0.15) is 17.5 Å². The zero-order chi connectivity index (χ0) is 89.7. The van der Waals surface area contributed by atoms with Crippen LogP contribution in [0.25, 0.3) is 181 Å². The van der Waals surface area contributed by atoms with E-state index in [1.54, 1.807) is 0 Å². The van der Waals surface area contributed by atoms with E-state index < -0.39 is 0 Å². The molecule has 14 heteroatoms. The molecule has 636 valence electrons. The number of hydrogen-bond donors (Lipinski definition) is 0. The Bertz CT molecular complexity index is 8480. The summed E-state index contributed by atoms with van der Waals surface area (Å²) in [6, 6.07) is 157. The lowest BCUT2D eigenvalue weighted by Gasteiger charge is -2.42. The highest BCUT2D eigenvalue weighted by Gasteiger charge is 2.44. The van der Waals surface area contributed by atoms with E-state index in [9.17, 15) is 0 Å². The molecule has 0 N–H and O–H groups in total. The third kappa shape index (κ3) is 13.9. The molecule has 0 radical (unpaired) electrons. The maximum Gasteiger partial charge on any atom is 0.164 e. The molecule has 4 bridgehead atoms. The van der Waals surface area contributed by atoms with Crippen LogP contribution in [0.1, 0.15) is 90.4 Å². The summed E-state index contributed by atoms with van der Waals surface area (Å²) in [4.78, 5) is 61.6. The Labute approximate surface area is 784 Å². The molecule has 0 amide bonds. The molecule has 6 aliphatic rings. The summed E-state index contributed by atoms with van der Waals surface area (Å²) in [5, 5.41) is 0. The fourth-order valence-electron chi connectivity index (χ4n) is 20.7. The third-order valence-corrected chi connectivity index (χ3v) is 26.9. The van der Waals surface area contributed by atoms with E-state index in [1.165, 1.54) is 66.8 Å². The second kappa shape index (κ2) is 33.1. The summed E-state index contributed by atoms with van der Waals surface area (Å²) in [5.74, 6) is 7.87. The molecule has 6 heterocycles. The predicted molar refractivity (Wildman–Crippen MR) is 540 cm³/mol. The minimum atomic E-state index is 0.0329. The summed E-state index contributed by atoms with van der Waals surface area (Å²) in [5.41, 5.74) is 36.0. The molecule has 0 fully saturated rings. The van der Waals surface area contributed by atoms with Gasteiger partial charge >= 0.3 is 0 Å². The Morgan fingerprint density at radius 2 is 0.390 bits per heavy atom. The summed E-state index contributed by atoms with van der Waals surface area (Å²) in [7, 11) is 0. The van der Waals surface area contributed by atoms with Gasteiger partial charge in [-0.1, -0.05) is 376 Å². The van der Waals surface area contributed by atoms with Crippen molar-refractivity contribution in [1.29, 1.82) is 0 Å². The van der Waals surface area contributed by atoms with Crippen molar-refractivity contribution in [2.45, 2.75) is 23.7 Å². The first-order valence-electron chi connectivity index (χ1n) is 45.9. The molecule has 14 nitrogen and oxygen atoms in total. The highest BCUT2D eigenvalue weighted by atomic mass is 15.2. The Balaban J connectivity index is 0.000000142. The minimum Gasteiger partial charge on any atom is -0.292 e. The summed E-state index contributed by atoms with van der Waals surface area (Å²) >= 11 is 0. The average Bonchev–Trinajstić information content (AvgIpc) is 0.840. The number of aromatic nitrogens is 14. The van der Waals surface area contributed by atoms with Crippen LogP contribution in [0.3, 0.4) is 0 Å². The Morgan fingerprint density at radius 1 is 0.147 bits per heavy atom. The standard InChI is InChI=1S/C64H41N7.C58H37N7/c1-5-17-41(18-6-1)60-65-55(40-29-33-47(34-30-40)71-57-28-16-15-27-54(57)67-64(71)44-23-11-4-12-24-44)39-56(66-60)45-31-35-50-52(37-45)58-48-25-13-14-26-49(48)59(50)53-38-46(32-36-51(53)58)63-69-61(42-19-7-2-8-20-42)68-62(70-63)43-21-9-3-10-22-43;1-5-17-36(18-6-1)54-59-49(35-51(61-54)65-50-28-16-15-27-48(50)60-58(65)39-23-11-4-12-24-39)40-29-31-44-46(33-40)52-42-25-13-14-26-43(42)53(44)47-34-41(30-32-45(47)52)57-63-55(37-19-7-2-8-20-37)62-56(64-57)38-21-9-3-10-22-38/h1-39,58-59H;1-35,52-53H. The van der Waals surface area contributed by atoms with E-state index in [1.807, 2.05) is 170 Å². The first-order chi connectivity index (χ1) is 67.4. The molecule has 0 saturated carbocycles. The largest absolute Gasteiger partial charge is 0.292 e. The van der Waals surface area contributed by atoms with Gasteiger partial charge in [0.25, 0.3) is 0 Å². The monoisotopic (exact) mass is 1740 g/mol. The summed E-state index contributed by atoms with van der Waals surface area (Å²) in [6.45, 7) is 0. The van der Waals surface area contributed by atoms with Crippen LogP contribution in [0.5, 0.6) is 0 Å². The van der Waals surface area contributed by atoms with Crippen LogP contribution in [0.15, 0.2) is 449 Å². The van der Waals surface area contributed by atoms with Crippen molar-refractivity contribution in [3.8, 4) is 159 Å². The highest BCUT2D eigenvalue weighted by molar-refractivity contribution is 5.87. The maximum atomic E-state index is 5.31. The van der Waals surface area contributed by atoms with Crippen LogP contribution in [0.4, 0.5) is 0 Å². The zero-order valence-corrected chi connectivity index (χ0v) is 73.3. The van der Waals surface area contributed by atoms with E-state index >= 15 is 0 Å². The number of fused-ring (bicyclic) bond motifs is 2. The lowest BCUT2D eigenvalue weighted by molar-refractivity contribution is 0.754. The van der Waals surface area contributed by atoms with Gasteiger partial charge in [0.15, 0.2) is 46.6 Å². The van der Waals surface area contributed by atoms with Crippen LogP contribution in [0.2, 0.25) is 0 Å². The van der Waals surface area contributed by atoms with E-state index in [2.05, 4.69) is 288 Å². The number of rotatable bonds is 15. The van der Waals surface area contributed by atoms with Gasteiger partial charge < -0.3 is 0 Å². The van der Waals surface area contributed by atoms with E-state index in [-0.39, 0.29) is 23.7 Å². The predicted octanol–water partition coefficient (Wildman–Crippen LogP) is 27.6. The number of para-hydroxylation sites is 4. The smallest absolute Gasteiger partial charge is 0.164 e. The molecule has 4 atom stereocenters. The second-order valence-electron chi connectivity index (χ2n) is 34.9. The first kappa shape index (κ1) is 78.9. The van der Waals surface area contributed by atoms with Crippen molar-refractivity contribution in [3.05, 3.63) is 516 Å². The molecular formula is C122H78N14. The van der Waals surface area contributed by atoms with Crippen LogP contribution in [0, 0.1) is 0 Å². The Morgan fingerprint density at radius 3 is 0.743 bits per heavy atom. The quantitative estimate of drug-likeness (QED) is 0.0955. The van der Waals surface area contributed by atoms with Crippen LogP contribution in [-0.2, 0) is 0 Å². The van der Waals surface area contributed by atoms with Gasteiger partial charge in [-0.05, 0) is 133 Å². The van der Waals surface area contributed by atoms with Crippen molar-refractivity contribution in [2.75, 3.05) is 0 Å². The van der Waals surface area contributed by atoms with Gasteiger partial charge in [0.05, 0.1) is 39.1 Å². The van der Waals surface area contributed by atoms with Gasteiger partial charge in [-0.2, -0.15) is 0 Å². The fraction of sp³-hybridized carbons (Fsp3) is 0.0328. The Kier molecular flexibility index (Phi) is 19.2. The van der Waals surface area contributed by atoms with E-state index in [0.717, 1.165) is 135 Å². The molecule has 0 spiro atoms. The summed E-state index contributed by atoms with van der Waals surface area (Å²) in [6.07, 6.45) is 0. The van der Waals surface area contributed by atoms with E-state index in [0.29, 0.717) is 46.6 Å². The fourth-order valence-corrected chi connectivity index (χ4v) is 20.7. The highest BCUT2D eigenvalue weighted by Crippen LogP contribution is 2.59. The topological polar surface area (TPSA) is 165 Å². The Hall–Kier alpha value is -18.1. The second-order valence-corrected chi connectivity index (χ2v) is 34.9. The first-order valence-corrected chi connectivity index (χ1v) is 45.9.